The molecule has 0 aromatic heterocycles. The van der Waals surface area contributed by atoms with Crippen molar-refractivity contribution in [2.45, 2.75) is 75.1 Å². The minimum atomic E-state index is -6.06. The smallest absolute Gasteiger partial charge is 0.401 e. The molecule has 0 amide bonds. The van der Waals surface area contributed by atoms with Crippen LogP contribution in [0.1, 0.15) is 56.8 Å². The highest BCUT2D eigenvalue weighted by atomic mass is 32.2. The lowest BCUT2D eigenvalue weighted by molar-refractivity contribution is -0.0823. The van der Waals surface area contributed by atoms with E-state index in [-0.39, 0.29) is 29.3 Å². The second-order valence-electron chi connectivity index (χ2n) is 16.3. The molecule has 2 heterocycles. The fourth-order valence-corrected chi connectivity index (χ4v) is 13.3. The van der Waals surface area contributed by atoms with E-state index in [9.17, 15) is 26.0 Å². The SMILES string of the molecule is C[C@@H]1Cc2cc(OS(=O)(=O)C(F)(F)F)ccc2[C@@H](c2c(F)cc(NC3CN(CCCF)C3)cc2F)N1CC(F)(F)CO[Si](c1ccccc1)(c1ccccc1)C(C)(C)C. The van der Waals surface area contributed by atoms with Crippen molar-refractivity contribution in [1.29, 1.82) is 0 Å². The predicted octanol–water partition coefficient (Wildman–Crippen LogP) is 8.20. The van der Waals surface area contributed by atoms with Crippen molar-refractivity contribution in [3.63, 3.8) is 0 Å². The summed E-state index contributed by atoms with van der Waals surface area (Å²) in [7, 11) is -9.52. The van der Waals surface area contributed by atoms with Crippen LogP contribution in [0.2, 0.25) is 5.04 Å². The fraction of sp³-hybridized carbons (Fsp3) is 0.429. The van der Waals surface area contributed by atoms with Crippen molar-refractivity contribution < 1.29 is 52.2 Å². The highest BCUT2D eigenvalue weighted by Crippen LogP contribution is 2.44. The molecule has 0 bridgehead atoms. The zero-order valence-electron chi connectivity index (χ0n) is 33.0. The van der Waals surface area contributed by atoms with Gasteiger partial charge in [-0.15, -0.1) is 0 Å². The van der Waals surface area contributed by atoms with E-state index >= 15 is 17.6 Å². The summed E-state index contributed by atoms with van der Waals surface area (Å²) in [4.78, 5) is 3.22. The third-order valence-electron chi connectivity index (χ3n) is 10.9. The zero-order valence-corrected chi connectivity index (χ0v) is 34.8. The van der Waals surface area contributed by atoms with Gasteiger partial charge in [-0.1, -0.05) is 87.5 Å². The predicted molar refractivity (Wildman–Crippen MR) is 213 cm³/mol. The Labute approximate surface area is 340 Å². The van der Waals surface area contributed by atoms with Crippen molar-refractivity contribution in [1.82, 2.24) is 9.80 Å². The molecular formula is C42H47F8N3O4SSi. The molecule has 0 spiro atoms. The molecule has 7 nitrogen and oxygen atoms in total. The number of nitrogens with zero attached hydrogens (tertiary/aromatic N) is 2. The van der Waals surface area contributed by atoms with E-state index in [4.69, 9.17) is 4.43 Å². The molecule has 0 aliphatic carbocycles. The minimum absolute atomic E-state index is 0.0737. The van der Waals surface area contributed by atoms with Crippen LogP contribution in [0.4, 0.5) is 40.8 Å². The number of likely N-dealkylation sites (tertiary alicyclic amines) is 1. The molecule has 6 rings (SSSR count). The van der Waals surface area contributed by atoms with Gasteiger partial charge in [0.25, 0.3) is 14.2 Å². The van der Waals surface area contributed by atoms with Gasteiger partial charge in [-0.2, -0.15) is 21.6 Å². The topological polar surface area (TPSA) is 71.1 Å². The Hall–Kier alpha value is -4.03. The Kier molecular flexibility index (Phi) is 12.9. The van der Waals surface area contributed by atoms with Gasteiger partial charge < -0.3 is 13.9 Å². The first-order chi connectivity index (χ1) is 27.7. The van der Waals surface area contributed by atoms with E-state index in [1.165, 1.54) is 11.8 Å². The van der Waals surface area contributed by atoms with Crippen molar-refractivity contribution in [2.75, 3.05) is 44.8 Å². The lowest BCUT2D eigenvalue weighted by Crippen LogP contribution is -2.67. The number of benzene rings is 4. The van der Waals surface area contributed by atoms with Gasteiger partial charge >= 0.3 is 15.6 Å². The molecule has 1 N–H and O–H groups in total. The highest BCUT2D eigenvalue weighted by molar-refractivity contribution is 7.88. The molecule has 1 fully saturated rings. The van der Waals surface area contributed by atoms with Gasteiger partial charge in [0.05, 0.1) is 31.9 Å². The van der Waals surface area contributed by atoms with Crippen LogP contribution in [0.3, 0.4) is 0 Å². The van der Waals surface area contributed by atoms with Gasteiger partial charge in [-0.3, -0.25) is 14.2 Å². The first kappa shape index (κ1) is 44.5. The van der Waals surface area contributed by atoms with Crippen LogP contribution in [-0.4, -0.2) is 89.5 Å². The standard InChI is InChI=1S/C42H47F8N3O4SSi/c1-28-20-29-21-32(57-58(54,55)42(48,49)50)16-17-35(29)39(38-36(44)22-30(23-37(38)45)51-31-24-52(25-31)19-11-18-43)53(28)26-41(46,47)27-56-59(40(2,3)4,33-12-7-5-8-13-33)34-14-9-6-10-15-34/h5-10,12-17,21-23,28,31,39,51H,11,18-20,24-27H2,1-4H3/t28-,39+/m1/s1. The van der Waals surface area contributed by atoms with Crippen LogP contribution in [0.25, 0.3) is 0 Å². The molecule has 0 unspecified atom stereocenters. The van der Waals surface area contributed by atoms with Crippen LogP contribution < -0.4 is 19.9 Å². The molecule has 1 saturated heterocycles. The lowest BCUT2D eigenvalue weighted by atomic mass is 9.84. The Morgan fingerprint density at radius 2 is 1.42 bits per heavy atom. The summed E-state index contributed by atoms with van der Waals surface area (Å²) in [6.07, 6.45) is 0.253. The summed E-state index contributed by atoms with van der Waals surface area (Å²) in [5.74, 6) is -6.45. The third kappa shape index (κ3) is 9.48. The maximum Gasteiger partial charge on any atom is 0.534 e. The summed E-state index contributed by atoms with van der Waals surface area (Å²) in [6, 6.07) is 20.9. The van der Waals surface area contributed by atoms with E-state index in [1.807, 2.05) is 86.3 Å². The van der Waals surface area contributed by atoms with Crippen molar-refractivity contribution >= 4 is 34.5 Å². The van der Waals surface area contributed by atoms with Crippen LogP contribution in [0.15, 0.2) is 91.0 Å². The van der Waals surface area contributed by atoms with Crippen LogP contribution in [-0.2, 0) is 21.0 Å². The van der Waals surface area contributed by atoms with E-state index in [1.54, 1.807) is 0 Å². The molecular weight excluding hydrogens is 823 g/mol. The summed E-state index contributed by atoms with van der Waals surface area (Å²) in [5.41, 5.74) is -5.98. The fourth-order valence-electron chi connectivity index (χ4n) is 8.27. The Morgan fingerprint density at radius 1 is 0.847 bits per heavy atom. The molecule has 17 heteroatoms. The van der Waals surface area contributed by atoms with Gasteiger partial charge in [-0.25, -0.2) is 17.6 Å². The van der Waals surface area contributed by atoms with Crippen molar-refractivity contribution in [2.24, 2.45) is 0 Å². The molecule has 2 atom stereocenters. The summed E-state index contributed by atoms with van der Waals surface area (Å²) < 4.78 is 153. The number of anilines is 1. The second-order valence-corrected chi connectivity index (χ2v) is 22.1. The first-order valence-electron chi connectivity index (χ1n) is 19.2. The van der Waals surface area contributed by atoms with E-state index in [0.717, 1.165) is 40.7 Å². The van der Waals surface area contributed by atoms with Gasteiger partial charge in [0.15, 0.2) is 0 Å². The largest absolute Gasteiger partial charge is 0.534 e. The molecule has 0 radical (unpaired) electrons. The average molecular weight is 870 g/mol. The zero-order chi connectivity index (χ0) is 43.0. The number of fused-ring (bicyclic) bond motifs is 1. The van der Waals surface area contributed by atoms with Crippen LogP contribution in [0, 0.1) is 11.6 Å². The average Bonchev–Trinajstić information content (AvgIpc) is 3.13. The Bertz CT molecular complexity index is 2120. The summed E-state index contributed by atoms with van der Waals surface area (Å²) in [6.45, 7) is 6.37. The van der Waals surface area contributed by atoms with Crippen LogP contribution >= 0.6 is 0 Å². The van der Waals surface area contributed by atoms with Gasteiger partial charge in [-0.05, 0) is 70.6 Å². The quantitative estimate of drug-likeness (QED) is 0.0560. The molecule has 2 aliphatic heterocycles. The number of alkyl halides is 6. The van der Waals surface area contributed by atoms with Gasteiger partial charge in [0.2, 0.25) is 0 Å². The molecule has 59 heavy (non-hydrogen) atoms. The molecule has 4 aromatic rings. The number of nitrogens with one attached hydrogen (secondary N) is 1. The number of halogens is 8. The van der Waals surface area contributed by atoms with Gasteiger partial charge in [0, 0.05) is 36.9 Å². The first-order valence-corrected chi connectivity index (χ1v) is 22.5. The van der Waals surface area contributed by atoms with E-state index < -0.39 is 89.8 Å². The maximum absolute atomic E-state index is 16.8. The third-order valence-corrected chi connectivity index (χ3v) is 16.9. The van der Waals surface area contributed by atoms with Crippen molar-refractivity contribution in [3.05, 3.63) is 119 Å². The molecule has 2 aliphatic rings. The van der Waals surface area contributed by atoms with Crippen molar-refractivity contribution in [3.8, 4) is 5.75 Å². The lowest BCUT2D eigenvalue weighted by Gasteiger charge is -2.46. The monoisotopic (exact) mass is 869 g/mol. The summed E-state index contributed by atoms with van der Waals surface area (Å²) in [5, 5.41) is 3.96. The normalized spacial score (nSPS) is 18.6. The van der Waals surface area contributed by atoms with Gasteiger partial charge in [0.1, 0.15) is 17.4 Å². The molecule has 0 saturated carbocycles. The highest BCUT2D eigenvalue weighted by Gasteiger charge is 2.53. The molecule has 4 aromatic carbocycles. The number of rotatable bonds is 15. The number of hydrogen-bond acceptors (Lipinski definition) is 7. The minimum Gasteiger partial charge on any atom is -0.401 e. The number of hydrogen-bond donors (Lipinski definition) is 1. The van der Waals surface area contributed by atoms with E-state index in [0.29, 0.717) is 26.1 Å². The Morgan fingerprint density at radius 3 is 1.95 bits per heavy atom. The van der Waals surface area contributed by atoms with E-state index in [2.05, 4.69) is 9.50 Å². The second kappa shape index (κ2) is 17.1. The maximum atomic E-state index is 16.8. The summed E-state index contributed by atoms with van der Waals surface area (Å²) >= 11 is 0. The molecule has 320 valence electrons. The Balaban J connectivity index is 1.36. The van der Waals surface area contributed by atoms with Crippen LogP contribution in [0.5, 0.6) is 5.75 Å².